The number of hydrogen-bond donors (Lipinski definition) is 1. The maximum atomic E-state index is 12.2. The minimum Gasteiger partial charge on any atom is -0.356 e. The van der Waals surface area contributed by atoms with Crippen LogP contribution in [0.3, 0.4) is 0 Å². The molecule has 1 saturated heterocycles. The zero-order chi connectivity index (χ0) is 16.1. The van der Waals surface area contributed by atoms with Crippen LogP contribution < -0.4 is 10.2 Å². The summed E-state index contributed by atoms with van der Waals surface area (Å²) in [6, 6.07) is 5.56. The number of amides is 2. The van der Waals surface area contributed by atoms with Crippen molar-refractivity contribution in [2.24, 2.45) is 5.92 Å². The molecule has 1 N–H and O–H groups in total. The summed E-state index contributed by atoms with van der Waals surface area (Å²) < 4.78 is 0. The van der Waals surface area contributed by atoms with E-state index in [2.05, 4.69) is 12.2 Å². The molecule has 1 heterocycles. The van der Waals surface area contributed by atoms with Gasteiger partial charge in [0.15, 0.2) is 0 Å². The fraction of sp³-hybridized carbons (Fsp3) is 0.529. The van der Waals surface area contributed by atoms with Crippen molar-refractivity contribution in [3.05, 3.63) is 28.8 Å². The van der Waals surface area contributed by atoms with Crippen LogP contribution in [0.1, 0.15) is 38.2 Å². The number of benzene rings is 1. The summed E-state index contributed by atoms with van der Waals surface area (Å²) >= 11 is 6.12. The van der Waals surface area contributed by atoms with Gasteiger partial charge in [-0.25, -0.2) is 0 Å². The number of carbonyl (C=O) groups is 2. The second-order valence-electron chi connectivity index (χ2n) is 5.84. The average Bonchev–Trinajstić information content (AvgIpc) is 2.88. The van der Waals surface area contributed by atoms with Crippen molar-refractivity contribution in [3.8, 4) is 0 Å². The molecule has 1 aliphatic rings. The number of hydrogen-bond acceptors (Lipinski definition) is 2. The molecule has 0 aromatic heterocycles. The zero-order valence-electron chi connectivity index (χ0n) is 13.2. The van der Waals surface area contributed by atoms with Gasteiger partial charge in [-0.15, -0.1) is 0 Å². The second-order valence-corrected chi connectivity index (χ2v) is 6.24. The van der Waals surface area contributed by atoms with Crippen molar-refractivity contribution in [2.45, 2.75) is 39.5 Å². The van der Waals surface area contributed by atoms with Crippen LogP contribution in [0, 0.1) is 12.8 Å². The number of unbranched alkanes of at least 4 members (excludes halogenated alkanes) is 2. The highest BCUT2D eigenvalue weighted by Gasteiger charge is 2.35. The van der Waals surface area contributed by atoms with Crippen LogP contribution >= 0.6 is 11.6 Å². The Bertz CT molecular complexity index is 560. The number of aryl methyl sites for hydroxylation is 1. The van der Waals surface area contributed by atoms with Gasteiger partial charge in [0.2, 0.25) is 11.8 Å². The van der Waals surface area contributed by atoms with Crippen LogP contribution in [0.15, 0.2) is 18.2 Å². The fourth-order valence-corrected chi connectivity index (χ4v) is 2.79. The Morgan fingerprint density at radius 3 is 2.86 bits per heavy atom. The van der Waals surface area contributed by atoms with Gasteiger partial charge in [0, 0.05) is 30.2 Å². The number of rotatable bonds is 6. The molecule has 1 atom stereocenters. The summed E-state index contributed by atoms with van der Waals surface area (Å²) in [6.07, 6.45) is 3.49. The SMILES string of the molecule is CCCCCNC(=O)C1CC(=O)N(c2ccc(C)c(Cl)c2)C1. The maximum absolute atomic E-state index is 12.2. The number of halogens is 1. The summed E-state index contributed by atoms with van der Waals surface area (Å²) in [4.78, 5) is 26.0. The smallest absolute Gasteiger partial charge is 0.227 e. The molecule has 0 radical (unpaired) electrons. The van der Waals surface area contributed by atoms with Gasteiger partial charge < -0.3 is 10.2 Å². The lowest BCUT2D eigenvalue weighted by atomic mass is 10.1. The molecular weight excluding hydrogens is 300 g/mol. The molecule has 0 saturated carbocycles. The van der Waals surface area contributed by atoms with Crippen molar-refractivity contribution in [3.63, 3.8) is 0 Å². The molecule has 0 aliphatic carbocycles. The third kappa shape index (κ3) is 4.01. The monoisotopic (exact) mass is 322 g/mol. The summed E-state index contributed by atoms with van der Waals surface area (Å²) in [5.74, 6) is -0.312. The summed E-state index contributed by atoms with van der Waals surface area (Å²) in [5, 5.41) is 3.57. The highest BCUT2D eigenvalue weighted by molar-refractivity contribution is 6.31. The van der Waals surface area contributed by atoms with Gasteiger partial charge in [-0.2, -0.15) is 0 Å². The lowest BCUT2D eigenvalue weighted by molar-refractivity contribution is -0.126. The number of carbonyl (C=O) groups excluding carboxylic acids is 2. The van der Waals surface area contributed by atoms with E-state index in [4.69, 9.17) is 11.6 Å². The van der Waals surface area contributed by atoms with Gasteiger partial charge >= 0.3 is 0 Å². The Kier molecular flexibility index (Phi) is 5.83. The highest BCUT2D eigenvalue weighted by Crippen LogP contribution is 2.28. The van der Waals surface area contributed by atoms with Gasteiger partial charge in [-0.3, -0.25) is 9.59 Å². The van der Waals surface area contributed by atoms with E-state index in [1.807, 2.05) is 19.1 Å². The first-order valence-corrected chi connectivity index (χ1v) is 8.25. The Hall–Kier alpha value is -1.55. The Labute approximate surface area is 136 Å². The highest BCUT2D eigenvalue weighted by atomic mass is 35.5. The van der Waals surface area contributed by atoms with Crippen LogP contribution in [0.4, 0.5) is 5.69 Å². The van der Waals surface area contributed by atoms with Crippen molar-refractivity contribution in [1.29, 1.82) is 0 Å². The average molecular weight is 323 g/mol. The number of nitrogens with zero attached hydrogens (tertiary/aromatic N) is 1. The molecule has 0 bridgehead atoms. The van der Waals surface area contributed by atoms with Crippen LogP contribution in [-0.4, -0.2) is 24.9 Å². The van der Waals surface area contributed by atoms with Crippen molar-refractivity contribution in [2.75, 3.05) is 18.0 Å². The van der Waals surface area contributed by atoms with Gasteiger partial charge in [0.25, 0.3) is 0 Å². The van der Waals surface area contributed by atoms with E-state index in [1.54, 1.807) is 11.0 Å². The van der Waals surface area contributed by atoms with Gasteiger partial charge in [-0.1, -0.05) is 37.4 Å². The summed E-state index contributed by atoms with van der Waals surface area (Å²) in [7, 11) is 0. The molecular formula is C17H23ClN2O2. The van der Waals surface area contributed by atoms with Gasteiger partial charge in [-0.05, 0) is 31.0 Å². The first kappa shape index (κ1) is 16.8. The molecule has 2 amide bonds. The molecule has 1 aromatic carbocycles. The third-order valence-electron chi connectivity index (χ3n) is 4.04. The minimum absolute atomic E-state index is 0.0198. The van der Waals surface area contributed by atoms with E-state index < -0.39 is 0 Å². The number of nitrogens with one attached hydrogen (secondary N) is 1. The molecule has 2 rings (SSSR count). The molecule has 22 heavy (non-hydrogen) atoms. The predicted octanol–water partition coefficient (Wildman–Crippen LogP) is 3.31. The van der Waals surface area contributed by atoms with E-state index in [-0.39, 0.29) is 24.2 Å². The topological polar surface area (TPSA) is 49.4 Å². The third-order valence-corrected chi connectivity index (χ3v) is 4.45. The van der Waals surface area contributed by atoms with E-state index in [0.29, 0.717) is 18.1 Å². The van der Waals surface area contributed by atoms with Gasteiger partial charge in [0.05, 0.1) is 5.92 Å². The Morgan fingerprint density at radius 1 is 1.41 bits per heavy atom. The first-order valence-electron chi connectivity index (χ1n) is 7.87. The molecule has 1 unspecified atom stereocenters. The maximum Gasteiger partial charge on any atom is 0.227 e. The van der Waals surface area contributed by atoms with E-state index in [9.17, 15) is 9.59 Å². The molecule has 1 aromatic rings. The Morgan fingerprint density at radius 2 is 2.18 bits per heavy atom. The molecule has 5 heteroatoms. The fourth-order valence-electron chi connectivity index (χ4n) is 2.61. The van der Waals surface area contributed by atoms with Crippen molar-refractivity contribution >= 4 is 29.1 Å². The van der Waals surface area contributed by atoms with Crippen LogP contribution in [0.5, 0.6) is 0 Å². The van der Waals surface area contributed by atoms with E-state index in [1.165, 1.54) is 0 Å². The van der Waals surface area contributed by atoms with E-state index in [0.717, 1.165) is 30.5 Å². The van der Waals surface area contributed by atoms with Crippen molar-refractivity contribution in [1.82, 2.24) is 5.32 Å². The molecule has 0 spiro atoms. The lowest BCUT2D eigenvalue weighted by Crippen LogP contribution is -2.33. The lowest BCUT2D eigenvalue weighted by Gasteiger charge is -2.17. The Balaban J connectivity index is 1.95. The summed E-state index contributed by atoms with van der Waals surface area (Å²) in [6.45, 7) is 5.16. The van der Waals surface area contributed by atoms with Crippen LogP contribution in [0.2, 0.25) is 5.02 Å². The minimum atomic E-state index is -0.269. The van der Waals surface area contributed by atoms with Crippen LogP contribution in [-0.2, 0) is 9.59 Å². The quantitative estimate of drug-likeness (QED) is 0.817. The van der Waals surface area contributed by atoms with E-state index >= 15 is 0 Å². The molecule has 120 valence electrons. The normalized spacial score (nSPS) is 17.9. The van der Waals surface area contributed by atoms with Crippen molar-refractivity contribution < 1.29 is 9.59 Å². The second kappa shape index (κ2) is 7.63. The number of anilines is 1. The van der Waals surface area contributed by atoms with Gasteiger partial charge in [0.1, 0.15) is 0 Å². The largest absolute Gasteiger partial charge is 0.356 e. The molecule has 1 fully saturated rings. The standard InChI is InChI=1S/C17H23ClN2O2/c1-3-4-5-8-19-17(22)13-9-16(21)20(11-13)14-7-6-12(2)15(18)10-14/h6-7,10,13H,3-5,8-9,11H2,1-2H3,(H,19,22). The first-order chi connectivity index (χ1) is 10.5. The zero-order valence-corrected chi connectivity index (χ0v) is 13.9. The summed E-state index contributed by atoms with van der Waals surface area (Å²) in [5.41, 5.74) is 1.74. The molecule has 4 nitrogen and oxygen atoms in total. The molecule has 1 aliphatic heterocycles. The predicted molar refractivity (Wildman–Crippen MR) is 89.2 cm³/mol. The van der Waals surface area contributed by atoms with Crippen LogP contribution in [0.25, 0.3) is 0 Å².